The zero-order chi connectivity index (χ0) is 20.7. The maximum absolute atomic E-state index is 4.88. The van der Waals surface area contributed by atoms with Gasteiger partial charge in [0.2, 0.25) is 5.13 Å². The summed E-state index contributed by atoms with van der Waals surface area (Å²) in [5, 5.41) is 5.63. The van der Waals surface area contributed by atoms with Crippen molar-refractivity contribution < 1.29 is 0 Å². The molecule has 2 aromatic heterocycles. The monoisotopic (exact) mass is 413 g/mol. The Morgan fingerprint density at radius 3 is 2.53 bits per heavy atom. The highest BCUT2D eigenvalue weighted by atomic mass is 32.1. The molecule has 0 fully saturated rings. The van der Waals surface area contributed by atoms with E-state index in [1.54, 1.807) is 11.3 Å². The molecule has 6 heteroatoms. The van der Waals surface area contributed by atoms with Gasteiger partial charge < -0.3 is 4.90 Å². The Kier molecular flexibility index (Phi) is 4.71. The lowest BCUT2D eigenvalue weighted by molar-refractivity contribution is 0.779. The number of aromatic nitrogens is 3. The van der Waals surface area contributed by atoms with Crippen molar-refractivity contribution in [2.45, 2.75) is 19.8 Å². The topological polar surface area (TPSA) is 46.3 Å². The van der Waals surface area contributed by atoms with E-state index in [-0.39, 0.29) is 0 Å². The summed E-state index contributed by atoms with van der Waals surface area (Å²) in [7, 11) is 4.08. The third kappa shape index (κ3) is 3.33. The SMILES string of the molecule is Cc1nn(-c2ccccc2)c2c1-c1nc(/N=C/c3ccc(N(C)C)cc3)sc1CC2. The molecule has 0 aliphatic heterocycles. The normalized spacial score (nSPS) is 12.8. The van der Waals surface area contributed by atoms with Crippen LogP contribution in [0.3, 0.4) is 0 Å². The predicted octanol–water partition coefficient (Wildman–Crippen LogP) is 5.22. The average Bonchev–Trinajstić information content (AvgIpc) is 3.33. The van der Waals surface area contributed by atoms with E-state index in [2.05, 4.69) is 57.9 Å². The Hall–Kier alpha value is -3.25. The first-order chi connectivity index (χ1) is 14.6. The number of fused-ring (bicyclic) bond motifs is 3. The molecule has 0 atom stereocenters. The Morgan fingerprint density at radius 2 is 1.80 bits per heavy atom. The molecule has 0 saturated carbocycles. The van der Waals surface area contributed by atoms with Gasteiger partial charge in [0.05, 0.1) is 22.8 Å². The van der Waals surface area contributed by atoms with Crippen molar-refractivity contribution in [3.8, 4) is 16.9 Å². The van der Waals surface area contributed by atoms with Crippen LogP contribution in [-0.4, -0.2) is 35.1 Å². The van der Waals surface area contributed by atoms with Crippen LogP contribution in [0.25, 0.3) is 16.9 Å². The first-order valence-electron chi connectivity index (χ1n) is 10.1. The van der Waals surface area contributed by atoms with Gasteiger partial charge in [-0.15, -0.1) is 0 Å². The van der Waals surface area contributed by atoms with E-state index in [0.717, 1.165) is 40.6 Å². The maximum Gasteiger partial charge on any atom is 0.209 e. The van der Waals surface area contributed by atoms with Crippen molar-refractivity contribution in [1.29, 1.82) is 0 Å². The fraction of sp³-hybridized carbons (Fsp3) is 0.208. The highest BCUT2D eigenvalue weighted by Gasteiger charge is 2.27. The van der Waals surface area contributed by atoms with Gasteiger partial charge in [0, 0.05) is 36.4 Å². The van der Waals surface area contributed by atoms with E-state index in [1.807, 2.05) is 38.5 Å². The van der Waals surface area contributed by atoms with Gasteiger partial charge in [-0.2, -0.15) is 5.10 Å². The summed E-state index contributed by atoms with van der Waals surface area (Å²) in [6, 6.07) is 18.7. The van der Waals surface area contributed by atoms with Crippen LogP contribution in [0.1, 0.15) is 21.8 Å². The molecule has 0 radical (unpaired) electrons. The van der Waals surface area contributed by atoms with Crippen molar-refractivity contribution in [2.75, 3.05) is 19.0 Å². The van der Waals surface area contributed by atoms with E-state index < -0.39 is 0 Å². The molecule has 0 spiro atoms. The molecule has 30 heavy (non-hydrogen) atoms. The third-order valence-corrected chi connectivity index (χ3v) is 6.43. The molecule has 2 aromatic carbocycles. The van der Waals surface area contributed by atoms with Crippen LogP contribution in [0.15, 0.2) is 59.6 Å². The summed E-state index contributed by atoms with van der Waals surface area (Å²) in [4.78, 5) is 12.9. The van der Waals surface area contributed by atoms with Gasteiger partial charge in [0.1, 0.15) is 0 Å². The van der Waals surface area contributed by atoms with Gasteiger partial charge in [-0.25, -0.2) is 14.7 Å². The fourth-order valence-corrected chi connectivity index (χ4v) is 4.79. The van der Waals surface area contributed by atoms with Gasteiger partial charge in [0.15, 0.2) is 0 Å². The van der Waals surface area contributed by atoms with E-state index in [1.165, 1.54) is 21.8 Å². The van der Waals surface area contributed by atoms with Crippen LogP contribution >= 0.6 is 11.3 Å². The number of para-hydroxylation sites is 1. The molecule has 4 aromatic rings. The van der Waals surface area contributed by atoms with E-state index in [4.69, 9.17) is 10.1 Å². The highest BCUT2D eigenvalue weighted by molar-refractivity contribution is 7.15. The molecular formula is C24H23N5S. The Labute approximate surface area is 180 Å². The molecule has 5 rings (SSSR count). The van der Waals surface area contributed by atoms with Crippen LogP contribution in [-0.2, 0) is 12.8 Å². The molecule has 1 aliphatic carbocycles. The lowest BCUT2D eigenvalue weighted by Gasteiger charge is -2.13. The summed E-state index contributed by atoms with van der Waals surface area (Å²) >= 11 is 1.69. The quantitative estimate of drug-likeness (QED) is 0.431. The molecule has 5 nitrogen and oxygen atoms in total. The van der Waals surface area contributed by atoms with Crippen LogP contribution in [0, 0.1) is 6.92 Å². The summed E-state index contributed by atoms with van der Waals surface area (Å²) in [5.41, 5.74) is 7.84. The number of hydrogen-bond donors (Lipinski definition) is 0. The zero-order valence-corrected chi connectivity index (χ0v) is 18.1. The number of hydrogen-bond acceptors (Lipinski definition) is 5. The standard InChI is InChI=1S/C24H23N5S/c1-16-22-20(29(27-16)19-7-5-4-6-8-19)13-14-21-23(22)26-24(30-21)25-15-17-9-11-18(12-10-17)28(2)3/h4-12,15H,13-14H2,1-3H3/b25-15+. The average molecular weight is 414 g/mol. The van der Waals surface area contributed by atoms with Crippen molar-refractivity contribution in [2.24, 2.45) is 4.99 Å². The van der Waals surface area contributed by atoms with Crippen molar-refractivity contribution in [1.82, 2.24) is 14.8 Å². The number of rotatable bonds is 4. The fourth-order valence-electron chi connectivity index (χ4n) is 3.88. The van der Waals surface area contributed by atoms with Crippen LogP contribution < -0.4 is 4.90 Å². The number of aryl methyl sites for hydroxylation is 2. The molecule has 0 N–H and O–H groups in total. The van der Waals surface area contributed by atoms with Gasteiger partial charge in [-0.05, 0) is 49.6 Å². The Bertz CT molecular complexity index is 1220. The van der Waals surface area contributed by atoms with Gasteiger partial charge in [-0.1, -0.05) is 41.7 Å². The first kappa shape index (κ1) is 18.8. The molecule has 2 heterocycles. The third-order valence-electron chi connectivity index (χ3n) is 5.40. The van der Waals surface area contributed by atoms with E-state index >= 15 is 0 Å². The largest absolute Gasteiger partial charge is 0.378 e. The summed E-state index contributed by atoms with van der Waals surface area (Å²) in [5.74, 6) is 0. The molecule has 0 saturated heterocycles. The van der Waals surface area contributed by atoms with Crippen molar-refractivity contribution >= 4 is 28.4 Å². The number of nitrogens with zero attached hydrogens (tertiary/aromatic N) is 5. The Morgan fingerprint density at radius 1 is 1.03 bits per heavy atom. The number of anilines is 1. The minimum Gasteiger partial charge on any atom is -0.378 e. The lowest BCUT2D eigenvalue weighted by atomic mass is 9.98. The lowest BCUT2D eigenvalue weighted by Crippen LogP contribution is -2.08. The smallest absolute Gasteiger partial charge is 0.209 e. The minimum atomic E-state index is 0.802. The molecule has 1 aliphatic rings. The molecule has 150 valence electrons. The van der Waals surface area contributed by atoms with E-state index in [0.29, 0.717) is 0 Å². The van der Waals surface area contributed by atoms with Gasteiger partial charge in [0.25, 0.3) is 0 Å². The zero-order valence-electron chi connectivity index (χ0n) is 17.3. The van der Waals surface area contributed by atoms with Gasteiger partial charge in [-0.3, -0.25) is 0 Å². The van der Waals surface area contributed by atoms with Crippen molar-refractivity contribution in [3.05, 3.63) is 76.4 Å². The highest BCUT2D eigenvalue weighted by Crippen LogP contribution is 2.41. The van der Waals surface area contributed by atoms with E-state index in [9.17, 15) is 0 Å². The minimum absolute atomic E-state index is 0.802. The van der Waals surface area contributed by atoms with Crippen LogP contribution in [0.5, 0.6) is 0 Å². The van der Waals surface area contributed by atoms with Crippen LogP contribution in [0.4, 0.5) is 10.8 Å². The Balaban J connectivity index is 1.47. The van der Waals surface area contributed by atoms with Crippen LogP contribution in [0.2, 0.25) is 0 Å². The first-order valence-corrected chi connectivity index (χ1v) is 10.9. The maximum atomic E-state index is 4.88. The molecular weight excluding hydrogens is 390 g/mol. The molecule has 0 amide bonds. The second-order valence-corrected chi connectivity index (χ2v) is 8.73. The number of benzene rings is 2. The second kappa shape index (κ2) is 7.54. The summed E-state index contributed by atoms with van der Waals surface area (Å²) in [6.07, 6.45) is 3.84. The molecule has 0 unspecified atom stereocenters. The van der Waals surface area contributed by atoms with Gasteiger partial charge >= 0.3 is 0 Å². The van der Waals surface area contributed by atoms with Crippen molar-refractivity contribution in [3.63, 3.8) is 0 Å². The summed E-state index contributed by atoms with van der Waals surface area (Å²) < 4.78 is 2.07. The predicted molar refractivity (Wildman–Crippen MR) is 125 cm³/mol. The second-order valence-electron chi connectivity index (χ2n) is 7.67. The number of thiazole rings is 1. The molecule has 0 bridgehead atoms. The summed E-state index contributed by atoms with van der Waals surface area (Å²) in [6.45, 7) is 2.07. The number of aliphatic imine (C=N–C) groups is 1.